The van der Waals surface area contributed by atoms with E-state index >= 15 is 0 Å². The molecular formula is C20H15ClF3N3O2. The Hall–Kier alpha value is -2.87. The van der Waals surface area contributed by atoms with Crippen LogP contribution < -0.4 is 4.90 Å². The highest BCUT2D eigenvalue weighted by Crippen LogP contribution is 2.34. The van der Waals surface area contributed by atoms with Crippen molar-refractivity contribution in [1.29, 1.82) is 0 Å². The summed E-state index contributed by atoms with van der Waals surface area (Å²) in [7, 11) is 0. The van der Waals surface area contributed by atoms with Gasteiger partial charge in [0.05, 0.1) is 11.5 Å². The Balaban J connectivity index is 1.56. The zero-order valence-corrected chi connectivity index (χ0v) is 16.0. The van der Waals surface area contributed by atoms with Crippen LogP contribution in [0.2, 0.25) is 5.02 Å². The zero-order chi connectivity index (χ0) is 20.8. The number of aryl methyl sites for hydroxylation is 1. The van der Waals surface area contributed by atoms with Crippen molar-refractivity contribution in [3.05, 3.63) is 64.5 Å². The molecule has 1 aromatic heterocycles. The molecule has 0 bridgehead atoms. The highest BCUT2D eigenvalue weighted by atomic mass is 35.5. The lowest BCUT2D eigenvalue weighted by atomic mass is 10.1. The van der Waals surface area contributed by atoms with Crippen LogP contribution in [-0.4, -0.2) is 22.6 Å². The van der Waals surface area contributed by atoms with Crippen LogP contribution in [0, 0.1) is 6.92 Å². The lowest BCUT2D eigenvalue weighted by molar-refractivity contribution is -0.137. The normalized spacial score (nSPS) is 17.2. The fraction of sp³-hybridized carbons (Fsp3) is 0.250. The maximum atomic E-state index is 12.9. The topological polar surface area (TPSA) is 59.2 Å². The molecule has 0 N–H and O–H groups in total. The van der Waals surface area contributed by atoms with Gasteiger partial charge in [-0.1, -0.05) is 28.9 Å². The molecule has 0 radical (unpaired) electrons. The molecule has 1 aliphatic rings. The second-order valence-corrected chi connectivity index (χ2v) is 7.28. The molecule has 0 spiro atoms. The molecular weight excluding hydrogens is 407 g/mol. The molecule has 2 heterocycles. The minimum Gasteiger partial charge on any atom is -0.339 e. The second kappa shape index (κ2) is 7.18. The number of halogens is 4. The van der Waals surface area contributed by atoms with Crippen LogP contribution in [0.1, 0.15) is 29.4 Å². The van der Waals surface area contributed by atoms with E-state index in [1.807, 2.05) is 13.0 Å². The van der Waals surface area contributed by atoms with Crippen LogP contribution in [0.25, 0.3) is 11.4 Å². The van der Waals surface area contributed by atoms with Crippen LogP contribution in [0.15, 0.2) is 47.0 Å². The number of hydrogen-bond donors (Lipinski definition) is 0. The number of amides is 1. The number of carbonyl (C=O) groups excluding carboxylic acids is 1. The van der Waals surface area contributed by atoms with Gasteiger partial charge in [-0.15, -0.1) is 0 Å². The van der Waals surface area contributed by atoms with Gasteiger partial charge in [-0.3, -0.25) is 4.79 Å². The van der Waals surface area contributed by atoms with Crippen LogP contribution in [0.4, 0.5) is 18.9 Å². The second-order valence-electron chi connectivity index (χ2n) is 6.87. The Morgan fingerprint density at radius 3 is 2.72 bits per heavy atom. The predicted molar refractivity (Wildman–Crippen MR) is 101 cm³/mol. The highest BCUT2D eigenvalue weighted by Gasteiger charge is 2.36. The molecule has 9 heteroatoms. The molecule has 0 aliphatic carbocycles. The maximum absolute atomic E-state index is 12.9. The molecule has 0 saturated carbocycles. The first-order valence-corrected chi connectivity index (χ1v) is 9.18. The zero-order valence-electron chi connectivity index (χ0n) is 15.2. The number of nitrogens with zero attached hydrogens (tertiary/aromatic N) is 3. The Morgan fingerprint density at radius 2 is 2.00 bits per heavy atom. The summed E-state index contributed by atoms with van der Waals surface area (Å²) in [5.74, 6) is -0.167. The van der Waals surface area contributed by atoms with Gasteiger partial charge in [-0.2, -0.15) is 18.2 Å². The molecule has 1 aliphatic heterocycles. The van der Waals surface area contributed by atoms with Crippen molar-refractivity contribution in [2.24, 2.45) is 0 Å². The minimum atomic E-state index is -4.46. The lowest BCUT2D eigenvalue weighted by Gasteiger charge is -2.17. The summed E-state index contributed by atoms with van der Waals surface area (Å²) >= 11 is 6.04. The monoisotopic (exact) mass is 421 g/mol. The van der Waals surface area contributed by atoms with Crippen molar-refractivity contribution in [3.8, 4) is 11.4 Å². The maximum Gasteiger partial charge on any atom is 0.416 e. The number of alkyl halides is 3. The van der Waals surface area contributed by atoms with Crippen LogP contribution in [-0.2, 0) is 11.0 Å². The molecule has 1 unspecified atom stereocenters. The fourth-order valence-corrected chi connectivity index (χ4v) is 3.39. The highest BCUT2D eigenvalue weighted by molar-refractivity contribution is 6.31. The molecule has 4 rings (SSSR count). The summed E-state index contributed by atoms with van der Waals surface area (Å²) in [6.07, 6.45) is -4.29. The van der Waals surface area contributed by atoms with Gasteiger partial charge in [-0.05, 0) is 42.8 Å². The summed E-state index contributed by atoms with van der Waals surface area (Å²) in [6, 6.07) is 10.0. The van der Waals surface area contributed by atoms with Gasteiger partial charge >= 0.3 is 6.18 Å². The van der Waals surface area contributed by atoms with Crippen molar-refractivity contribution < 1.29 is 22.5 Å². The van der Waals surface area contributed by atoms with Gasteiger partial charge in [0, 0.05) is 29.2 Å². The van der Waals surface area contributed by atoms with E-state index < -0.39 is 11.7 Å². The minimum absolute atomic E-state index is 0.0549. The van der Waals surface area contributed by atoms with E-state index in [4.69, 9.17) is 16.1 Å². The molecule has 1 atom stereocenters. The third-order valence-electron chi connectivity index (χ3n) is 4.82. The first kappa shape index (κ1) is 19.4. The Labute approximate surface area is 169 Å². The standard InChI is InChI=1S/C20H15ClF3N3O2/c1-11-7-15(5-6-16(11)21)27-10-13(9-17(27)28)19-25-18(26-29-19)12-3-2-4-14(8-12)20(22,23)24/h2-8,13H,9-10H2,1H3. The molecule has 3 aromatic rings. The van der Waals surface area contributed by atoms with Crippen LogP contribution in [0.5, 0.6) is 0 Å². The largest absolute Gasteiger partial charge is 0.416 e. The van der Waals surface area contributed by atoms with Crippen molar-refractivity contribution >= 4 is 23.2 Å². The van der Waals surface area contributed by atoms with Gasteiger partial charge < -0.3 is 9.42 Å². The molecule has 29 heavy (non-hydrogen) atoms. The third kappa shape index (κ3) is 3.85. The number of benzene rings is 2. The number of hydrogen-bond acceptors (Lipinski definition) is 4. The average molecular weight is 422 g/mol. The average Bonchev–Trinajstić information content (AvgIpc) is 3.30. The molecule has 1 amide bonds. The van der Waals surface area contributed by atoms with E-state index in [-0.39, 0.29) is 35.5 Å². The van der Waals surface area contributed by atoms with Crippen molar-refractivity contribution in [3.63, 3.8) is 0 Å². The van der Waals surface area contributed by atoms with E-state index in [0.717, 1.165) is 23.4 Å². The van der Waals surface area contributed by atoms with Crippen LogP contribution in [0.3, 0.4) is 0 Å². The van der Waals surface area contributed by atoms with Gasteiger partial charge in [0.15, 0.2) is 0 Å². The number of carbonyl (C=O) groups is 1. The van der Waals surface area contributed by atoms with E-state index in [9.17, 15) is 18.0 Å². The van der Waals surface area contributed by atoms with Crippen LogP contribution >= 0.6 is 11.6 Å². The van der Waals surface area contributed by atoms with Crippen molar-refractivity contribution in [2.45, 2.75) is 25.4 Å². The van der Waals surface area contributed by atoms with E-state index in [2.05, 4.69) is 10.1 Å². The Bertz CT molecular complexity index is 1080. The lowest BCUT2D eigenvalue weighted by Crippen LogP contribution is -2.24. The summed E-state index contributed by atoms with van der Waals surface area (Å²) < 4.78 is 44.0. The van der Waals surface area contributed by atoms with Crippen molar-refractivity contribution in [1.82, 2.24) is 10.1 Å². The van der Waals surface area contributed by atoms with Gasteiger partial charge in [0.25, 0.3) is 0 Å². The molecule has 5 nitrogen and oxygen atoms in total. The smallest absolute Gasteiger partial charge is 0.339 e. The summed E-state index contributed by atoms with van der Waals surface area (Å²) in [5, 5.41) is 4.41. The van der Waals surface area contributed by atoms with Gasteiger partial charge in [0.2, 0.25) is 17.6 Å². The number of aromatic nitrogens is 2. The van der Waals surface area contributed by atoms with Gasteiger partial charge in [-0.25, -0.2) is 0 Å². The van der Waals surface area contributed by atoms with E-state index in [1.165, 1.54) is 12.1 Å². The summed E-state index contributed by atoms with van der Waals surface area (Å²) in [4.78, 5) is 18.3. The molecule has 1 saturated heterocycles. The molecule has 2 aromatic carbocycles. The third-order valence-corrected chi connectivity index (χ3v) is 5.24. The summed E-state index contributed by atoms with van der Waals surface area (Å²) in [6.45, 7) is 2.19. The predicted octanol–water partition coefficient (Wildman–Crippen LogP) is 5.24. The van der Waals surface area contributed by atoms with Crippen molar-refractivity contribution in [2.75, 3.05) is 11.4 Å². The number of anilines is 1. The van der Waals surface area contributed by atoms with E-state index in [0.29, 0.717) is 11.6 Å². The van der Waals surface area contributed by atoms with E-state index in [1.54, 1.807) is 17.0 Å². The molecule has 1 fully saturated rings. The van der Waals surface area contributed by atoms with Gasteiger partial charge in [0.1, 0.15) is 0 Å². The molecule has 150 valence electrons. The first-order chi connectivity index (χ1) is 13.7. The SMILES string of the molecule is Cc1cc(N2CC(c3nc(-c4cccc(C(F)(F)F)c4)no3)CC2=O)ccc1Cl. The Morgan fingerprint density at radius 1 is 1.21 bits per heavy atom. The quantitative estimate of drug-likeness (QED) is 0.580. The summed E-state index contributed by atoms with van der Waals surface area (Å²) in [5.41, 5.74) is 0.980. The Kier molecular flexibility index (Phi) is 4.82. The first-order valence-electron chi connectivity index (χ1n) is 8.80. The number of rotatable bonds is 3. The fourth-order valence-electron chi connectivity index (χ4n) is 3.27.